The molecule has 2 heterocycles. The SMILES string of the molecule is O=S(=O)(Nc1ccccc1[C@H]1CC(c2ccco2)=NN1S(=O)(=O)c1ccccc1)c1ccccc1. The van der Waals surface area contributed by atoms with Gasteiger partial charge in [0.05, 0.1) is 27.8 Å². The number of hydrazone groups is 1. The number of furan rings is 1. The highest BCUT2D eigenvalue weighted by Gasteiger charge is 2.39. The lowest BCUT2D eigenvalue weighted by Gasteiger charge is -2.25. The molecule has 1 aromatic heterocycles. The molecule has 0 spiro atoms. The minimum Gasteiger partial charge on any atom is -0.463 e. The molecule has 8 nitrogen and oxygen atoms in total. The minimum absolute atomic E-state index is 0.0804. The Hall–Kier alpha value is -3.89. The fourth-order valence-corrected chi connectivity index (χ4v) is 6.47. The monoisotopic (exact) mass is 507 g/mol. The van der Waals surface area contributed by atoms with E-state index in [0.717, 1.165) is 4.41 Å². The van der Waals surface area contributed by atoms with Gasteiger partial charge in [0, 0.05) is 12.0 Å². The fourth-order valence-electron chi connectivity index (χ4n) is 3.92. The standard InChI is InChI=1S/C25H21N3O5S2/c29-34(30,19-10-3-1-4-11-19)27-22-15-8-7-14-21(22)24-18-23(25-16-9-17-33-25)26-28(24)35(31,32)20-12-5-2-6-13-20/h1-17,24,27H,18H2/t24-/m1/s1. The largest absolute Gasteiger partial charge is 0.463 e. The number of anilines is 1. The zero-order chi connectivity index (χ0) is 24.5. The van der Waals surface area contributed by atoms with Crippen LogP contribution in [0.1, 0.15) is 23.8 Å². The molecule has 1 aliphatic rings. The Morgan fingerprint density at radius 1 is 0.771 bits per heavy atom. The molecule has 3 aromatic carbocycles. The van der Waals surface area contributed by atoms with Crippen LogP contribution in [-0.2, 0) is 20.0 Å². The van der Waals surface area contributed by atoms with Crippen molar-refractivity contribution in [2.24, 2.45) is 5.10 Å². The molecular formula is C25H21N3O5S2. The van der Waals surface area contributed by atoms with Crippen molar-refractivity contribution < 1.29 is 21.3 Å². The van der Waals surface area contributed by atoms with Crippen molar-refractivity contribution >= 4 is 31.4 Å². The van der Waals surface area contributed by atoms with Gasteiger partial charge in [-0.25, -0.2) is 8.42 Å². The van der Waals surface area contributed by atoms with Gasteiger partial charge in [0.2, 0.25) is 0 Å². The van der Waals surface area contributed by atoms with Crippen LogP contribution in [0.5, 0.6) is 0 Å². The number of rotatable bonds is 7. The summed E-state index contributed by atoms with van der Waals surface area (Å²) in [4.78, 5) is 0.180. The lowest BCUT2D eigenvalue weighted by molar-refractivity contribution is 0.372. The van der Waals surface area contributed by atoms with Gasteiger partial charge >= 0.3 is 0 Å². The third-order valence-electron chi connectivity index (χ3n) is 5.58. The average molecular weight is 508 g/mol. The predicted octanol–water partition coefficient (Wildman–Crippen LogP) is 4.62. The first-order chi connectivity index (χ1) is 16.9. The molecule has 178 valence electrons. The first-order valence-corrected chi connectivity index (χ1v) is 13.7. The Labute approximate surface area is 203 Å². The van der Waals surface area contributed by atoms with Gasteiger partial charge in [-0.1, -0.05) is 54.6 Å². The summed E-state index contributed by atoms with van der Waals surface area (Å²) in [6.07, 6.45) is 1.69. The Morgan fingerprint density at radius 2 is 1.40 bits per heavy atom. The van der Waals surface area contributed by atoms with Gasteiger partial charge in [-0.2, -0.15) is 17.9 Å². The molecular weight excluding hydrogens is 486 g/mol. The molecule has 1 atom stereocenters. The molecule has 0 saturated heterocycles. The zero-order valence-corrected chi connectivity index (χ0v) is 20.0. The van der Waals surface area contributed by atoms with Gasteiger partial charge in [-0.3, -0.25) is 4.72 Å². The van der Waals surface area contributed by atoms with Crippen LogP contribution < -0.4 is 4.72 Å². The van der Waals surface area contributed by atoms with Gasteiger partial charge < -0.3 is 4.42 Å². The number of para-hydroxylation sites is 1. The number of nitrogens with zero attached hydrogens (tertiary/aromatic N) is 2. The van der Waals surface area contributed by atoms with E-state index >= 15 is 0 Å². The third-order valence-corrected chi connectivity index (χ3v) is 8.66. The topological polar surface area (TPSA) is 109 Å². The molecule has 0 saturated carbocycles. The first kappa shape index (κ1) is 22.9. The van der Waals surface area contributed by atoms with Crippen LogP contribution in [0.4, 0.5) is 5.69 Å². The molecule has 4 aromatic rings. The van der Waals surface area contributed by atoms with Gasteiger partial charge in [-0.15, -0.1) is 0 Å². The normalized spacial score (nSPS) is 16.2. The maximum atomic E-state index is 13.6. The molecule has 10 heteroatoms. The van der Waals surface area contributed by atoms with E-state index in [1.54, 1.807) is 72.8 Å². The summed E-state index contributed by atoms with van der Waals surface area (Å²) in [5, 5.41) is 4.42. The van der Waals surface area contributed by atoms with E-state index in [2.05, 4.69) is 9.82 Å². The Morgan fingerprint density at radius 3 is 2.06 bits per heavy atom. The molecule has 1 aliphatic heterocycles. The van der Waals surface area contributed by atoms with E-state index in [1.165, 1.54) is 30.5 Å². The number of hydrogen-bond acceptors (Lipinski definition) is 6. The van der Waals surface area contributed by atoms with Crippen LogP contribution in [0.15, 0.2) is 123 Å². The van der Waals surface area contributed by atoms with Crippen molar-refractivity contribution in [2.45, 2.75) is 22.3 Å². The number of benzene rings is 3. The Kier molecular flexibility index (Phi) is 5.91. The van der Waals surface area contributed by atoms with E-state index in [0.29, 0.717) is 17.0 Å². The van der Waals surface area contributed by atoms with E-state index in [4.69, 9.17) is 4.42 Å². The Bertz CT molecular complexity index is 1570. The molecule has 0 amide bonds. The summed E-state index contributed by atoms with van der Waals surface area (Å²) in [6.45, 7) is 0. The van der Waals surface area contributed by atoms with Crippen molar-refractivity contribution in [1.82, 2.24) is 4.41 Å². The quantitative estimate of drug-likeness (QED) is 0.393. The van der Waals surface area contributed by atoms with E-state index in [9.17, 15) is 16.8 Å². The molecule has 0 fully saturated rings. The van der Waals surface area contributed by atoms with Crippen LogP contribution >= 0.6 is 0 Å². The highest BCUT2D eigenvalue weighted by Crippen LogP contribution is 2.40. The van der Waals surface area contributed by atoms with Crippen LogP contribution in [0.2, 0.25) is 0 Å². The van der Waals surface area contributed by atoms with Gasteiger partial charge in [-0.05, 0) is 42.5 Å². The summed E-state index contributed by atoms with van der Waals surface area (Å²) in [5.74, 6) is 0.447. The fraction of sp³-hybridized carbons (Fsp3) is 0.0800. The zero-order valence-electron chi connectivity index (χ0n) is 18.4. The van der Waals surface area contributed by atoms with Gasteiger partial charge in [0.1, 0.15) is 11.5 Å². The molecule has 0 unspecified atom stereocenters. The summed E-state index contributed by atoms with van der Waals surface area (Å²) >= 11 is 0. The summed E-state index contributed by atoms with van der Waals surface area (Å²) < 4.78 is 62.4. The van der Waals surface area contributed by atoms with Crippen molar-refractivity contribution in [1.29, 1.82) is 0 Å². The predicted molar refractivity (Wildman–Crippen MR) is 132 cm³/mol. The summed E-state index contributed by atoms with van der Waals surface area (Å²) in [7, 11) is -7.95. The van der Waals surface area contributed by atoms with E-state index < -0.39 is 26.1 Å². The second-order valence-electron chi connectivity index (χ2n) is 7.84. The first-order valence-electron chi connectivity index (χ1n) is 10.7. The second-order valence-corrected chi connectivity index (χ2v) is 11.3. The molecule has 5 rings (SSSR count). The van der Waals surface area contributed by atoms with E-state index in [-0.39, 0.29) is 21.9 Å². The highest BCUT2D eigenvalue weighted by molar-refractivity contribution is 7.92. The maximum absolute atomic E-state index is 13.6. The molecule has 1 N–H and O–H groups in total. The molecule has 35 heavy (non-hydrogen) atoms. The minimum atomic E-state index is -4.05. The lowest BCUT2D eigenvalue weighted by atomic mass is 10.0. The second kappa shape index (κ2) is 9.05. The van der Waals surface area contributed by atoms with Crippen molar-refractivity contribution in [2.75, 3.05) is 4.72 Å². The van der Waals surface area contributed by atoms with Crippen molar-refractivity contribution in [3.63, 3.8) is 0 Å². The van der Waals surface area contributed by atoms with E-state index in [1.807, 2.05) is 0 Å². The van der Waals surface area contributed by atoms with Crippen LogP contribution in [0.25, 0.3) is 0 Å². The van der Waals surface area contributed by atoms with Crippen LogP contribution in [0.3, 0.4) is 0 Å². The average Bonchev–Trinajstić information content (AvgIpc) is 3.56. The van der Waals surface area contributed by atoms with Crippen LogP contribution in [0, 0.1) is 0 Å². The summed E-state index contributed by atoms with van der Waals surface area (Å²) in [6, 6.07) is 25.3. The molecule has 0 radical (unpaired) electrons. The van der Waals surface area contributed by atoms with Gasteiger partial charge in [0.25, 0.3) is 20.0 Å². The number of hydrogen-bond donors (Lipinski definition) is 1. The smallest absolute Gasteiger partial charge is 0.279 e. The summed E-state index contributed by atoms with van der Waals surface area (Å²) in [5.41, 5.74) is 1.18. The molecule has 0 bridgehead atoms. The number of nitrogens with one attached hydrogen (secondary N) is 1. The van der Waals surface area contributed by atoms with Crippen LogP contribution in [-0.4, -0.2) is 27.0 Å². The lowest BCUT2D eigenvalue weighted by Crippen LogP contribution is -2.28. The van der Waals surface area contributed by atoms with Crippen molar-refractivity contribution in [3.05, 3.63) is 115 Å². The highest BCUT2D eigenvalue weighted by atomic mass is 32.2. The van der Waals surface area contributed by atoms with Crippen molar-refractivity contribution in [3.8, 4) is 0 Å². The Balaban J connectivity index is 1.58. The van der Waals surface area contributed by atoms with Gasteiger partial charge in [0.15, 0.2) is 0 Å². The molecule has 0 aliphatic carbocycles. The third kappa shape index (κ3) is 4.45. The maximum Gasteiger partial charge on any atom is 0.279 e. The number of sulfonamides is 2.